The highest BCUT2D eigenvalue weighted by molar-refractivity contribution is 5.39. The van der Waals surface area contributed by atoms with Gasteiger partial charge in [0.15, 0.2) is 0 Å². The zero-order valence-electron chi connectivity index (χ0n) is 14.4. The van der Waals surface area contributed by atoms with Crippen LogP contribution in [0.4, 0.5) is 0 Å². The monoisotopic (exact) mass is 291 g/mol. The van der Waals surface area contributed by atoms with Gasteiger partial charge in [-0.3, -0.25) is 0 Å². The molecule has 1 N–H and O–H groups in total. The summed E-state index contributed by atoms with van der Waals surface area (Å²) in [5, 5.41) is 3.55. The largest absolute Gasteiger partial charge is 0.493 e. The maximum atomic E-state index is 6.06. The van der Waals surface area contributed by atoms with Gasteiger partial charge < -0.3 is 10.1 Å². The van der Waals surface area contributed by atoms with Crippen molar-refractivity contribution in [1.29, 1.82) is 0 Å². The van der Waals surface area contributed by atoms with Crippen LogP contribution in [-0.2, 0) is 0 Å². The van der Waals surface area contributed by atoms with Crippen molar-refractivity contribution in [3.05, 3.63) is 29.3 Å². The highest BCUT2D eigenvalue weighted by atomic mass is 16.5. The average Bonchev–Trinajstić information content (AvgIpc) is 2.48. The van der Waals surface area contributed by atoms with Crippen molar-refractivity contribution in [2.24, 2.45) is 0 Å². The van der Waals surface area contributed by atoms with Gasteiger partial charge in [0.1, 0.15) is 5.75 Å². The fraction of sp³-hybridized carbons (Fsp3) is 0.684. The predicted octanol–water partition coefficient (Wildman–Crippen LogP) is 5.40. The Morgan fingerprint density at radius 3 is 2.52 bits per heavy atom. The van der Waals surface area contributed by atoms with Gasteiger partial charge in [-0.05, 0) is 44.9 Å². The molecule has 120 valence electrons. The van der Waals surface area contributed by atoms with Gasteiger partial charge in [-0.25, -0.2) is 0 Å². The molecule has 0 aromatic heterocycles. The number of rotatable bonds is 11. The molecule has 1 rings (SSSR count). The molecule has 1 aromatic carbocycles. The van der Waals surface area contributed by atoms with Crippen LogP contribution in [0.5, 0.6) is 5.75 Å². The first kappa shape index (κ1) is 18.0. The zero-order valence-corrected chi connectivity index (χ0v) is 14.4. The molecular formula is C19H33NO. The van der Waals surface area contributed by atoms with E-state index in [0.717, 1.165) is 31.7 Å². The Balaban J connectivity index is 2.52. The van der Waals surface area contributed by atoms with Crippen LogP contribution in [0.2, 0.25) is 0 Å². The van der Waals surface area contributed by atoms with Gasteiger partial charge in [0.2, 0.25) is 0 Å². The van der Waals surface area contributed by atoms with Gasteiger partial charge in [-0.1, -0.05) is 51.7 Å². The molecule has 1 atom stereocenters. The van der Waals surface area contributed by atoms with Crippen molar-refractivity contribution >= 4 is 0 Å². The Morgan fingerprint density at radius 2 is 1.81 bits per heavy atom. The van der Waals surface area contributed by atoms with Gasteiger partial charge in [0, 0.05) is 11.6 Å². The molecule has 0 saturated heterocycles. The van der Waals surface area contributed by atoms with Crippen molar-refractivity contribution in [3.8, 4) is 5.75 Å². The summed E-state index contributed by atoms with van der Waals surface area (Å²) in [6, 6.07) is 6.90. The number of hydrogen-bond donors (Lipinski definition) is 1. The third kappa shape index (κ3) is 6.99. The molecule has 0 amide bonds. The number of unbranched alkanes of at least 4 members (excludes halogenated alkanes) is 4. The Hall–Kier alpha value is -1.02. The Kier molecular flexibility index (Phi) is 9.16. The first-order chi connectivity index (χ1) is 10.2. The molecule has 0 aliphatic rings. The Bertz CT molecular complexity index is 389. The summed E-state index contributed by atoms with van der Waals surface area (Å²) in [4.78, 5) is 0. The fourth-order valence-corrected chi connectivity index (χ4v) is 2.48. The van der Waals surface area contributed by atoms with Crippen LogP contribution in [0.15, 0.2) is 18.2 Å². The quantitative estimate of drug-likeness (QED) is 0.551. The number of hydrogen-bond acceptors (Lipinski definition) is 2. The highest BCUT2D eigenvalue weighted by Crippen LogP contribution is 2.26. The molecule has 2 heteroatoms. The van der Waals surface area contributed by atoms with E-state index in [0.29, 0.717) is 6.04 Å². The summed E-state index contributed by atoms with van der Waals surface area (Å²) in [5.41, 5.74) is 2.55. The lowest BCUT2D eigenvalue weighted by Gasteiger charge is -2.19. The number of ether oxygens (including phenoxy) is 1. The predicted molar refractivity (Wildman–Crippen MR) is 92.1 cm³/mol. The van der Waals surface area contributed by atoms with Crippen molar-refractivity contribution in [2.75, 3.05) is 13.2 Å². The van der Waals surface area contributed by atoms with E-state index in [1.165, 1.54) is 36.8 Å². The molecular weight excluding hydrogens is 258 g/mol. The summed E-state index contributed by atoms with van der Waals surface area (Å²) < 4.78 is 6.06. The van der Waals surface area contributed by atoms with Crippen molar-refractivity contribution in [2.45, 2.75) is 72.3 Å². The minimum atomic E-state index is 0.348. The highest BCUT2D eigenvalue weighted by Gasteiger charge is 2.11. The zero-order chi connectivity index (χ0) is 15.5. The lowest BCUT2D eigenvalue weighted by atomic mass is 10.0. The van der Waals surface area contributed by atoms with Crippen molar-refractivity contribution in [3.63, 3.8) is 0 Å². The number of aryl methyl sites for hydroxylation is 1. The van der Waals surface area contributed by atoms with Crippen LogP contribution in [0.3, 0.4) is 0 Å². The SMILES string of the molecule is CCCCCCCOc1cc(C)ccc1C(C)NCCC. The topological polar surface area (TPSA) is 21.3 Å². The minimum Gasteiger partial charge on any atom is -0.493 e. The number of nitrogens with one attached hydrogen (secondary N) is 1. The molecule has 2 nitrogen and oxygen atoms in total. The van der Waals surface area contributed by atoms with Crippen molar-refractivity contribution in [1.82, 2.24) is 5.32 Å². The molecule has 0 bridgehead atoms. The molecule has 1 aromatic rings. The van der Waals surface area contributed by atoms with Gasteiger partial charge in [0.25, 0.3) is 0 Å². The van der Waals surface area contributed by atoms with E-state index >= 15 is 0 Å². The molecule has 0 aliphatic heterocycles. The van der Waals surface area contributed by atoms with E-state index in [9.17, 15) is 0 Å². The summed E-state index contributed by atoms with van der Waals surface area (Å²) in [7, 11) is 0. The maximum Gasteiger partial charge on any atom is 0.124 e. The lowest BCUT2D eigenvalue weighted by Crippen LogP contribution is -2.20. The molecule has 0 saturated carbocycles. The third-order valence-corrected chi connectivity index (χ3v) is 3.84. The fourth-order valence-electron chi connectivity index (χ4n) is 2.48. The smallest absolute Gasteiger partial charge is 0.124 e. The molecule has 0 spiro atoms. The second-order valence-electron chi connectivity index (χ2n) is 5.98. The van der Waals surface area contributed by atoms with Crippen LogP contribution in [0.1, 0.15) is 76.5 Å². The van der Waals surface area contributed by atoms with E-state index in [4.69, 9.17) is 4.74 Å². The number of benzene rings is 1. The van der Waals surface area contributed by atoms with E-state index in [-0.39, 0.29) is 0 Å². The summed E-state index contributed by atoms with van der Waals surface area (Å²) in [6.07, 6.45) is 7.55. The summed E-state index contributed by atoms with van der Waals surface area (Å²) in [6.45, 7) is 10.7. The molecule has 0 fully saturated rings. The maximum absolute atomic E-state index is 6.06. The minimum absolute atomic E-state index is 0.348. The van der Waals surface area contributed by atoms with E-state index in [1.54, 1.807) is 0 Å². The van der Waals surface area contributed by atoms with Gasteiger partial charge in [0.05, 0.1) is 6.61 Å². The third-order valence-electron chi connectivity index (χ3n) is 3.84. The molecule has 0 aliphatic carbocycles. The second kappa shape index (κ2) is 10.7. The van der Waals surface area contributed by atoms with Gasteiger partial charge in [-0.15, -0.1) is 0 Å². The van der Waals surface area contributed by atoms with Gasteiger partial charge in [-0.2, -0.15) is 0 Å². The molecule has 0 heterocycles. The first-order valence-electron chi connectivity index (χ1n) is 8.65. The van der Waals surface area contributed by atoms with Crippen LogP contribution < -0.4 is 10.1 Å². The first-order valence-corrected chi connectivity index (χ1v) is 8.65. The standard InChI is InChI=1S/C19H33NO/c1-5-7-8-9-10-14-21-19-15-16(3)11-12-18(19)17(4)20-13-6-2/h11-12,15,17,20H,5-10,13-14H2,1-4H3. The van der Waals surface area contributed by atoms with Crippen LogP contribution in [0.25, 0.3) is 0 Å². The molecule has 1 unspecified atom stereocenters. The average molecular weight is 291 g/mol. The van der Waals surface area contributed by atoms with Crippen LogP contribution in [0, 0.1) is 6.92 Å². The molecule has 21 heavy (non-hydrogen) atoms. The van der Waals surface area contributed by atoms with E-state index < -0.39 is 0 Å². The Labute approximate surface area is 131 Å². The van der Waals surface area contributed by atoms with Crippen LogP contribution >= 0.6 is 0 Å². The molecule has 0 radical (unpaired) electrons. The van der Waals surface area contributed by atoms with E-state index in [1.807, 2.05) is 0 Å². The van der Waals surface area contributed by atoms with Crippen LogP contribution in [-0.4, -0.2) is 13.2 Å². The Morgan fingerprint density at radius 1 is 1.05 bits per heavy atom. The van der Waals surface area contributed by atoms with Gasteiger partial charge >= 0.3 is 0 Å². The normalized spacial score (nSPS) is 12.4. The lowest BCUT2D eigenvalue weighted by molar-refractivity contribution is 0.298. The summed E-state index contributed by atoms with van der Waals surface area (Å²) >= 11 is 0. The summed E-state index contributed by atoms with van der Waals surface area (Å²) in [5.74, 6) is 1.06. The van der Waals surface area contributed by atoms with E-state index in [2.05, 4.69) is 51.2 Å². The van der Waals surface area contributed by atoms with Crippen molar-refractivity contribution < 1.29 is 4.74 Å². The second-order valence-corrected chi connectivity index (χ2v) is 5.98.